The Morgan fingerprint density at radius 3 is 1.38 bits per heavy atom. The highest BCUT2D eigenvalue weighted by molar-refractivity contribution is 5.16. The molecule has 5 rings (SSSR count). The van der Waals surface area contributed by atoms with E-state index in [2.05, 4.69) is 6.58 Å². The van der Waals surface area contributed by atoms with Crippen molar-refractivity contribution in [2.45, 2.75) is 57.1 Å². The molecule has 4 aromatic carbocycles. The Kier molecular flexibility index (Phi) is 11.3. The van der Waals surface area contributed by atoms with Crippen LogP contribution in [-0.4, -0.2) is 37.3 Å². The van der Waals surface area contributed by atoms with Crippen molar-refractivity contribution < 1.29 is 28.4 Å². The van der Waals surface area contributed by atoms with Gasteiger partial charge in [-0.15, -0.1) is 0 Å². The van der Waals surface area contributed by atoms with Gasteiger partial charge in [-0.1, -0.05) is 128 Å². The molecule has 0 N–H and O–H groups in total. The van der Waals surface area contributed by atoms with Crippen LogP contribution in [0.4, 0.5) is 0 Å². The zero-order chi connectivity index (χ0) is 28.8. The molecule has 0 radical (unpaired) electrons. The maximum Gasteiger partial charge on any atom is 0.228 e. The van der Waals surface area contributed by atoms with E-state index in [1.54, 1.807) is 0 Å². The lowest BCUT2D eigenvalue weighted by atomic mass is 9.97. The van der Waals surface area contributed by atoms with E-state index in [-0.39, 0.29) is 6.61 Å². The fraction of sp³-hybridized carbons (Fsp3) is 0.278. The van der Waals surface area contributed by atoms with Crippen LogP contribution in [0.15, 0.2) is 134 Å². The molecule has 6 heteroatoms. The molecule has 2 unspecified atom stereocenters. The van der Waals surface area contributed by atoms with Gasteiger partial charge < -0.3 is 28.4 Å². The SMILES string of the molecule is C=COC1O[C@H](COCc2ccccc2)[C@@H](OCc2ccccc2)[C@H](OCc2ccccc2)C1OCc1ccccc1. The third-order valence-corrected chi connectivity index (χ3v) is 7.07. The fourth-order valence-corrected chi connectivity index (χ4v) is 4.95. The Hall–Kier alpha value is -3.78. The molecule has 1 aliphatic heterocycles. The van der Waals surface area contributed by atoms with Crippen LogP contribution in [-0.2, 0) is 54.8 Å². The van der Waals surface area contributed by atoms with Crippen LogP contribution < -0.4 is 0 Å². The summed E-state index contributed by atoms with van der Waals surface area (Å²) in [5, 5.41) is 0. The maximum absolute atomic E-state index is 6.64. The Bertz CT molecular complexity index is 1300. The molecule has 0 spiro atoms. The minimum atomic E-state index is -0.770. The van der Waals surface area contributed by atoms with Gasteiger partial charge in [-0.05, 0) is 22.3 Å². The highest BCUT2D eigenvalue weighted by Crippen LogP contribution is 2.31. The molecular weight excluding hydrogens is 528 g/mol. The van der Waals surface area contributed by atoms with Crippen molar-refractivity contribution in [3.05, 3.63) is 156 Å². The van der Waals surface area contributed by atoms with Crippen molar-refractivity contribution >= 4 is 0 Å². The van der Waals surface area contributed by atoms with E-state index in [0.29, 0.717) is 26.4 Å². The van der Waals surface area contributed by atoms with Crippen molar-refractivity contribution in [1.29, 1.82) is 0 Å². The molecular formula is C36H38O6. The van der Waals surface area contributed by atoms with Crippen molar-refractivity contribution in [3.63, 3.8) is 0 Å². The van der Waals surface area contributed by atoms with Crippen molar-refractivity contribution in [1.82, 2.24) is 0 Å². The lowest BCUT2D eigenvalue weighted by Crippen LogP contribution is -2.61. The minimum Gasteiger partial charge on any atom is -0.470 e. The third-order valence-electron chi connectivity index (χ3n) is 7.07. The Labute approximate surface area is 248 Å². The lowest BCUT2D eigenvalue weighted by Gasteiger charge is -2.45. The van der Waals surface area contributed by atoms with Gasteiger partial charge in [0.2, 0.25) is 6.29 Å². The molecule has 0 amide bonds. The molecule has 0 aromatic heterocycles. The zero-order valence-electron chi connectivity index (χ0n) is 23.7. The first-order valence-corrected chi connectivity index (χ1v) is 14.3. The van der Waals surface area contributed by atoms with Gasteiger partial charge in [0.25, 0.3) is 0 Å². The number of hydrogen-bond donors (Lipinski definition) is 0. The number of benzene rings is 4. The molecule has 0 bridgehead atoms. The molecule has 6 nitrogen and oxygen atoms in total. The molecule has 1 saturated heterocycles. The second-order valence-electron chi connectivity index (χ2n) is 10.1. The molecule has 1 aliphatic rings. The van der Waals surface area contributed by atoms with Crippen LogP contribution in [0.1, 0.15) is 22.3 Å². The molecule has 5 atom stereocenters. The van der Waals surface area contributed by atoms with Crippen LogP contribution in [0.25, 0.3) is 0 Å². The minimum absolute atomic E-state index is 0.280. The Morgan fingerprint density at radius 2 is 0.929 bits per heavy atom. The van der Waals surface area contributed by atoms with E-state index in [1.807, 2.05) is 121 Å². The largest absolute Gasteiger partial charge is 0.470 e. The average Bonchev–Trinajstić information content (AvgIpc) is 3.05. The summed E-state index contributed by atoms with van der Waals surface area (Å²) in [7, 11) is 0. The van der Waals surface area contributed by atoms with E-state index < -0.39 is 30.7 Å². The van der Waals surface area contributed by atoms with Crippen molar-refractivity contribution in [2.24, 2.45) is 0 Å². The number of ether oxygens (including phenoxy) is 6. The van der Waals surface area contributed by atoms with Crippen LogP contribution >= 0.6 is 0 Å². The summed E-state index contributed by atoms with van der Waals surface area (Å²) in [6.07, 6.45) is -1.51. The predicted octanol–water partition coefficient (Wildman–Crippen LogP) is 6.84. The van der Waals surface area contributed by atoms with Crippen molar-refractivity contribution in [3.8, 4) is 0 Å². The zero-order valence-corrected chi connectivity index (χ0v) is 23.7. The molecule has 218 valence electrons. The van der Waals surface area contributed by atoms with Crippen LogP contribution in [0.2, 0.25) is 0 Å². The molecule has 1 fully saturated rings. The van der Waals surface area contributed by atoms with Gasteiger partial charge in [0, 0.05) is 0 Å². The van der Waals surface area contributed by atoms with Crippen LogP contribution in [0, 0.1) is 0 Å². The quantitative estimate of drug-likeness (QED) is 0.147. The molecule has 0 aliphatic carbocycles. The van der Waals surface area contributed by atoms with Gasteiger partial charge in [-0.25, -0.2) is 0 Å². The third kappa shape index (κ3) is 8.61. The first-order chi connectivity index (χ1) is 20.8. The molecule has 1 heterocycles. The second-order valence-corrected chi connectivity index (χ2v) is 10.1. The number of hydrogen-bond acceptors (Lipinski definition) is 6. The molecule has 42 heavy (non-hydrogen) atoms. The number of rotatable bonds is 15. The van der Waals surface area contributed by atoms with Gasteiger partial charge >= 0.3 is 0 Å². The summed E-state index contributed by atoms with van der Waals surface area (Å²) in [5.41, 5.74) is 4.21. The first kappa shape index (κ1) is 29.7. The summed E-state index contributed by atoms with van der Waals surface area (Å²) in [4.78, 5) is 0. The van der Waals surface area contributed by atoms with E-state index >= 15 is 0 Å². The van der Waals surface area contributed by atoms with Gasteiger partial charge in [0.05, 0.1) is 39.3 Å². The average molecular weight is 567 g/mol. The van der Waals surface area contributed by atoms with Crippen molar-refractivity contribution in [2.75, 3.05) is 6.61 Å². The highest BCUT2D eigenvalue weighted by atomic mass is 16.7. The van der Waals surface area contributed by atoms with Crippen LogP contribution in [0.3, 0.4) is 0 Å². The van der Waals surface area contributed by atoms with Gasteiger partial charge in [-0.3, -0.25) is 0 Å². The van der Waals surface area contributed by atoms with Crippen LogP contribution in [0.5, 0.6) is 0 Å². The second kappa shape index (κ2) is 16.0. The summed E-state index contributed by atoms with van der Waals surface area (Å²) in [6.45, 7) is 5.63. The highest BCUT2D eigenvalue weighted by Gasteiger charge is 2.49. The Balaban J connectivity index is 1.40. The fourth-order valence-electron chi connectivity index (χ4n) is 4.95. The summed E-state index contributed by atoms with van der Waals surface area (Å²) >= 11 is 0. The summed E-state index contributed by atoms with van der Waals surface area (Å²) in [5.74, 6) is 0. The topological polar surface area (TPSA) is 55.4 Å². The molecule has 0 saturated carbocycles. The van der Waals surface area contributed by atoms with E-state index in [9.17, 15) is 0 Å². The predicted molar refractivity (Wildman–Crippen MR) is 161 cm³/mol. The summed E-state index contributed by atoms with van der Waals surface area (Å²) in [6, 6.07) is 40.2. The monoisotopic (exact) mass is 566 g/mol. The van der Waals surface area contributed by atoms with E-state index in [4.69, 9.17) is 28.4 Å². The summed E-state index contributed by atoms with van der Waals surface area (Å²) < 4.78 is 38.3. The standard InChI is InChI=1S/C36H38O6/c1-2-38-36-35(41-26-31-21-13-6-14-22-31)34(40-25-30-19-11-5-12-20-30)33(39-24-29-17-9-4-10-18-29)32(42-36)27-37-23-28-15-7-3-8-16-28/h2-22,32-36H,1,23-27H2/t32-,33-,34+,35?,36?/m1/s1. The van der Waals surface area contributed by atoms with E-state index in [1.165, 1.54) is 6.26 Å². The Morgan fingerprint density at radius 1 is 0.524 bits per heavy atom. The lowest BCUT2D eigenvalue weighted by molar-refractivity contribution is -0.318. The molecule has 4 aromatic rings. The maximum atomic E-state index is 6.64. The van der Waals surface area contributed by atoms with E-state index in [0.717, 1.165) is 22.3 Å². The smallest absolute Gasteiger partial charge is 0.228 e. The van der Waals surface area contributed by atoms with Gasteiger partial charge in [0.15, 0.2) is 0 Å². The van der Waals surface area contributed by atoms with Gasteiger partial charge in [0.1, 0.15) is 24.4 Å². The van der Waals surface area contributed by atoms with Gasteiger partial charge in [-0.2, -0.15) is 0 Å². The normalized spacial score (nSPS) is 22.0. The first-order valence-electron chi connectivity index (χ1n) is 14.3.